The summed E-state index contributed by atoms with van der Waals surface area (Å²) in [6.07, 6.45) is 0.736. The molecule has 3 rings (SSSR count). The van der Waals surface area contributed by atoms with Crippen LogP contribution in [0.2, 0.25) is 0 Å². The van der Waals surface area contributed by atoms with Crippen LogP contribution in [0.4, 0.5) is 13.6 Å². The van der Waals surface area contributed by atoms with E-state index in [0.717, 1.165) is 23.1 Å². The molecule has 1 heterocycles. The number of halogens is 2. The Bertz CT molecular complexity index is 641. The van der Waals surface area contributed by atoms with Crippen molar-refractivity contribution >= 4 is 17.8 Å². The second-order valence-electron chi connectivity index (χ2n) is 4.97. The first-order valence-corrected chi connectivity index (χ1v) is 6.05. The first-order chi connectivity index (χ1) is 9.44. The fourth-order valence-corrected chi connectivity index (χ4v) is 2.28. The number of nitrogens with one attached hydrogen (secondary N) is 1. The summed E-state index contributed by atoms with van der Waals surface area (Å²) in [5.41, 5.74) is -1.30. The summed E-state index contributed by atoms with van der Waals surface area (Å²) in [4.78, 5) is 36.2. The van der Waals surface area contributed by atoms with Crippen molar-refractivity contribution in [2.24, 2.45) is 5.41 Å². The van der Waals surface area contributed by atoms with Crippen molar-refractivity contribution in [2.45, 2.75) is 19.4 Å². The molecule has 1 aromatic carbocycles. The average Bonchev–Trinajstić information content (AvgIpc) is 3.18. The number of carbonyl (C=O) groups is 3. The van der Waals surface area contributed by atoms with E-state index in [1.54, 1.807) is 0 Å². The third-order valence-electron chi connectivity index (χ3n) is 3.64. The van der Waals surface area contributed by atoms with Gasteiger partial charge >= 0.3 is 6.03 Å². The van der Waals surface area contributed by atoms with Gasteiger partial charge in [-0.1, -0.05) is 0 Å². The maximum Gasteiger partial charge on any atom is 0.331 e. The highest BCUT2D eigenvalue weighted by Gasteiger charge is 2.62. The zero-order valence-electron chi connectivity index (χ0n) is 10.3. The second-order valence-corrected chi connectivity index (χ2v) is 4.97. The average molecular weight is 280 g/mol. The molecule has 0 atom stereocenters. The molecule has 0 unspecified atom stereocenters. The lowest BCUT2D eigenvalue weighted by atomic mass is 10.0. The lowest BCUT2D eigenvalue weighted by molar-refractivity contribution is -0.145. The van der Waals surface area contributed by atoms with Gasteiger partial charge in [0.25, 0.3) is 0 Å². The molecule has 1 saturated carbocycles. The summed E-state index contributed by atoms with van der Waals surface area (Å²) >= 11 is 0. The second kappa shape index (κ2) is 4.09. The van der Waals surface area contributed by atoms with Gasteiger partial charge in [-0.2, -0.15) is 0 Å². The number of amides is 4. The summed E-state index contributed by atoms with van der Waals surface area (Å²) in [7, 11) is 0. The zero-order valence-corrected chi connectivity index (χ0v) is 10.3. The Hall–Kier alpha value is -2.31. The molecule has 2 fully saturated rings. The normalized spacial score (nSPS) is 20.3. The summed E-state index contributed by atoms with van der Waals surface area (Å²) in [5, 5.41) is 2.08. The van der Waals surface area contributed by atoms with Gasteiger partial charge in [-0.3, -0.25) is 19.8 Å². The van der Waals surface area contributed by atoms with Crippen molar-refractivity contribution in [2.75, 3.05) is 0 Å². The number of imide groups is 2. The summed E-state index contributed by atoms with van der Waals surface area (Å²) < 4.78 is 26.7. The fourth-order valence-electron chi connectivity index (χ4n) is 2.28. The topological polar surface area (TPSA) is 66.5 Å². The number of barbiturate groups is 1. The molecule has 1 aliphatic carbocycles. The van der Waals surface area contributed by atoms with Crippen molar-refractivity contribution < 1.29 is 23.2 Å². The van der Waals surface area contributed by atoms with Crippen molar-refractivity contribution in [1.29, 1.82) is 0 Å². The minimum absolute atomic E-state index is 0.112. The molecule has 1 saturated heterocycles. The Morgan fingerprint density at radius 2 is 1.90 bits per heavy atom. The van der Waals surface area contributed by atoms with Gasteiger partial charge in [0.1, 0.15) is 17.0 Å². The van der Waals surface area contributed by atoms with Crippen LogP contribution in [-0.4, -0.2) is 22.7 Å². The number of hydrogen-bond donors (Lipinski definition) is 1. The van der Waals surface area contributed by atoms with E-state index in [0.29, 0.717) is 12.8 Å². The van der Waals surface area contributed by atoms with E-state index in [1.165, 1.54) is 0 Å². The van der Waals surface area contributed by atoms with E-state index in [4.69, 9.17) is 0 Å². The van der Waals surface area contributed by atoms with E-state index >= 15 is 0 Å². The minimum atomic E-state index is -1.18. The predicted molar refractivity (Wildman–Crippen MR) is 62.1 cm³/mol. The first-order valence-electron chi connectivity index (χ1n) is 6.05. The first kappa shape index (κ1) is 12.7. The van der Waals surface area contributed by atoms with Crippen LogP contribution in [0.3, 0.4) is 0 Å². The molecule has 104 valence electrons. The highest BCUT2D eigenvalue weighted by atomic mass is 19.1. The van der Waals surface area contributed by atoms with Gasteiger partial charge in [0.05, 0.1) is 6.54 Å². The van der Waals surface area contributed by atoms with Crippen LogP contribution in [0.5, 0.6) is 0 Å². The van der Waals surface area contributed by atoms with Crippen LogP contribution in [-0.2, 0) is 16.1 Å². The summed E-state index contributed by atoms with van der Waals surface area (Å²) in [6, 6.07) is 1.89. The molecule has 2 aliphatic rings. The standard InChI is InChI=1S/C13H10F2N2O3/c14-8-1-2-9(15)7(5-8)6-17-11(19)13(3-4-13)10(18)16-12(17)20/h1-2,5H,3-4,6H2,(H,16,18,20). The molecule has 7 heteroatoms. The van der Waals surface area contributed by atoms with Crippen LogP contribution < -0.4 is 5.32 Å². The van der Waals surface area contributed by atoms with E-state index in [-0.39, 0.29) is 5.56 Å². The maximum absolute atomic E-state index is 13.6. The molecular weight excluding hydrogens is 270 g/mol. The van der Waals surface area contributed by atoms with Gasteiger partial charge in [0, 0.05) is 5.56 Å². The van der Waals surface area contributed by atoms with Gasteiger partial charge in [-0.15, -0.1) is 0 Å². The monoisotopic (exact) mass is 280 g/mol. The molecule has 5 nitrogen and oxygen atoms in total. The van der Waals surface area contributed by atoms with E-state index < -0.39 is 41.4 Å². The molecule has 0 radical (unpaired) electrons. The third-order valence-corrected chi connectivity index (χ3v) is 3.64. The third kappa shape index (κ3) is 1.77. The number of rotatable bonds is 2. The van der Waals surface area contributed by atoms with Gasteiger partial charge in [-0.05, 0) is 31.0 Å². The van der Waals surface area contributed by atoms with Crippen molar-refractivity contribution in [3.05, 3.63) is 35.4 Å². The van der Waals surface area contributed by atoms with Crippen molar-refractivity contribution in [3.8, 4) is 0 Å². The number of carbonyl (C=O) groups excluding carboxylic acids is 3. The molecule has 20 heavy (non-hydrogen) atoms. The Morgan fingerprint density at radius 1 is 1.20 bits per heavy atom. The zero-order chi connectivity index (χ0) is 14.5. The smallest absolute Gasteiger partial charge is 0.277 e. The fraction of sp³-hybridized carbons (Fsp3) is 0.308. The van der Waals surface area contributed by atoms with Crippen LogP contribution in [0.25, 0.3) is 0 Å². The van der Waals surface area contributed by atoms with Crippen molar-refractivity contribution in [3.63, 3.8) is 0 Å². The molecule has 4 amide bonds. The highest BCUT2D eigenvalue weighted by molar-refractivity contribution is 6.20. The molecule has 1 aliphatic heterocycles. The molecule has 1 N–H and O–H groups in total. The van der Waals surface area contributed by atoms with Crippen LogP contribution >= 0.6 is 0 Å². The van der Waals surface area contributed by atoms with E-state index in [9.17, 15) is 23.2 Å². The number of nitrogens with zero attached hydrogens (tertiary/aromatic N) is 1. The van der Waals surface area contributed by atoms with Gasteiger partial charge in [0.15, 0.2) is 0 Å². The molecular formula is C13H10F2N2O3. The Balaban J connectivity index is 1.90. The van der Waals surface area contributed by atoms with Crippen LogP contribution in [0.15, 0.2) is 18.2 Å². The number of urea groups is 1. The molecule has 1 aromatic rings. The Morgan fingerprint density at radius 3 is 2.55 bits per heavy atom. The van der Waals surface area contributed by atoms with E-state index in [2.05, 4.69) is 5.32 Å². The Labute approximate surface area is 112 Å². The highest BCUT2D eigenvalue weighted by Crippen LogP contribution is 2.49. The van der Waals surface area contributed by atoms with Crippen molar-refractivity contribution in [1.82, 2.24) is 10.2 Å². The Kier molecular flexibility index (Phi) is 2.60. The molecule has 0 aromatic heterocycles. The number of benzene rings is 1. The van der Waals surface area contributed by atoms with Crippen LogP contribution in [0.1, 0.15) is 18.4 Å². The minimum Gasteiger partial charge on any atom is -0.277 e. The number of hydrogen-bond acceptors (Lipinski definition) is 3. The van der Waals surface area contributed by atoms with Gasteiger partial charge in [0.2, 0.25) is 11.8 Å². The predicted octanol–water partition coefficient (Wildman–Crippen LogP) is 1.32. The summed E-state index contributed by atoms with van der Waals surface area (Å²) in [6.45, 7) is -0.400. The van der Waals surface area contributed by atoms with Gasteiger partial charge in [-0.25, -0.2) is 13.6 Å². The molecule has 0 bridgehead atoms. The van der Waals surface area contributed by atoms with Gasteiger partial charge < -0.3 is 0 Å². The maximum atomic E-state index is 13.6. The largest absolute Gasteiger partial charge is 0.331 e. The molecule has 1 spiro atoms. The lowest BCUT2D eigenvalue weighted by Gasteiger charge is -2.30. The summed E-state index contributed by atoms with van der Waals surface area (Å²) in [5.74, 6) is -2.63. The van der Waals surface area contributed by atoms with Crippen LogP contribution in [0, 0.1) is 17.0 Å². The lowest BCUT2D eigenvalue weighted by Crippen LogP contribution is -2.58. The SMILES string of the molecule is O=C1NC(=O)C2(CC2)C(=O)N1Cc1cc(F)ccc1F. The quantitative estimate of drug-likeness (QED) is 0.831. The van der Waals surface area contributed by atoms with E-state index in [1.807, 2.05) is 0 Å².